The predicted molar refractivity (Wildman–Crippen MR) is 108 cm³/mol. The molecule has 2 aliphatic heterocycles. The second-order valence-electron chi connectivity index (χ2n) is 8.68. The number of sulfonamides is 1. The Morgan fingerprint density at radius 3 is 2.47 bits per heavy atom. The molecule has 2 aliphatic rings. The Kier molecular flexibility index (Phi) is 5.78. The van der Waals surface area contributed by atoms with E-state index in [2.05, 4.69) is 10.0 Å². The summed E-state index contributed by atoms with van der Waals surface area (Å²) in [6.07, 6.45) is 0.309. The first-order chi connectivity index (χ1) is 13.8. The van der Waals surface area contributed by atoms with Gasteiger partial charge in [0.1, 0.15) is 6.04 Å². The van der Waals surface area contributed by atoms with Crippen LogP contribution in [0, 0.1) is 5.92 Å². The van der Waals surface area contributed by atoms with Crippen LogP contribution >= 0.6 is 0 Å². The number of hydrogen-bond donors (Lipinski definition) is 3. The minimum Gasteiger partial charge on any atom is -0.389 e. The van der Waals surface area contributed by atoms with Crippen molar-refractivity contribution >= 4 is 27.7 Å². The molecule has 1 unspecified atom stereocenters. The van der Waals surface area contributed by atoms with Gasteiger partial charge in [-0.3, -0.25) is 19.7 Å². The Labute approximate surface area is 175 Å². The maximum Gasteiger partial charge on any atom is 0.255 e. The van der Waals surface area contributed by atoms with Crippen LogP contribution < -0.4 is 10.0 Å². The van der Waals surface area contributed by atoms with Crippen LogP contribution in [0.1, 0.15) is 56.5 Å². The summed E-state index contributed by atoms with van der Waals surface area (Å²) in [4.78, 5) is 37.8. The van der Waals surface area contributed by atoms with Crippen molar-refractivity contribution in [3.63, 3.8) is 0 Å². The molecule has 3 N–H and O–H groups in total. The molecule has 1 fully saturated rings. The van der Waals surface area contributed by atoms with E-state index < -0.39 is 39.5 Å². The molecular formula is C20H27N3O6S. The number of rotatable bonds is 6. The van der Waals surface area contributed by atoms with E-state index in [1.54, 1.807) is 13.8 Å². The zero-order valence-corrected chi connectivity index (χ0v) is 18.2. The maximum absolute atomic E-state index is 13.2. The molecule has 0 spiro atoms. The van der Waals surface area contributed by atoms with Gasteiger partial charge >= 0.3 is 0 Å². The van der Waals surface area contributed by atoms with Gasteiger partial charge in [0, 0.05) is 24.1 Å². The number of imide groups is 1. The second kappa shape index (κ2) is 7.75. The normalized spacial score (nSPS) is 21.1. The molecule has 2 heterocycles. The number of carbonyl (C=O) groups is 3. The van der Waals surface area contributed by atoms with Crippen molar-refractivity contribution in [1.29, 1.82) is 0 Å². The summed E-state index contributed by atoms with van der Waals surface area (Å²) in [5.74, 6) is -1.58. The summed E-state index contributed by atoms with van der Waals surface area (Å²) >= 11 is 0. The molecule has 0 aliphatic carbocycles. The molecule has 1 aromatic rings. The van der Waals surface area contributed by atoms with Gasteiger partial charge in [0.2, 0.25) is 21.8 Å². The molecule has 10 heteroatoms. The number of nitrogens with one attached hydrogen (secondary N) is 2. The van der Waals surface area contributed by atoms with E-state index in [0.29, 0.717) is 5.56 Å². The molecule has 9 nitrogen and oxygen atoms in total. The number of hydrogen-bond acceptors (Lipinski definition) is 6. The van der Waals surface area contributed by atoms with Gasteiger partial charge in [0.05, 0.1) is 16.5 Å². The SMILES string of the molecule is CC(C)[C@H](NS(=O)(=O)c1cccc2c1CN(C1CCC(=O)NC1=O)C2=O)C(C)(C)O. The van der Waals surface area contributed by atoms with Crippen LogP contribution in [0.15, 0.2) is 23.1 Å². The van der Waals surface area contributed by atoms with Gasteiger partial charge in [-0.15, -0.1) is 0 Å². The highest BCUT2D eigenvalue weighted by atomic mass is 32.2. The molecular weight excluding hydrogens is 410 g/mol. The quantitative estimate of drug-likeness (QED) is 0.556. The lowest BCUT2D eigenvalue weighted by Gasteiger charge is -2.33. The lowest BCUT2D eigenvalue weighted by Crippen LogP contribution is -2.52. The molecule has 164 valence electrons. The Morgan fingerprint density at radius 2 is 1.90 bits per heavy atom. The first-order valence-corrected chi connectivity index (χ1v) is 11.3. The Hall–Kier alpha value is -2.30. The number of aliphatic hydroxyl groups is 1. The third kappa shape index (κ3) is 4.12. The largest absolute Gasteiger partial charge is 0.389 e. The summed E-state index contributed by atoms with van der Waals surface area (Å²) in [5, 5.41) is 12.6. The molecule has 30 heavy (non-hydrogen) atoms. The van der Waals surface area contributed by atoms with E-state index >= 15 is 0 Å². The number of nitrogens with zero attached hydrogens (tertiary/aromatic N) is 1. The van der Waals surface area contributed by atoms with Gasteiger partial charge in [0.25, 0.3) is 5.91 Å². The molecule has 1 aromatic carbocycles. The highest BCUT2D eigenvalue weighted by Crippen LogP contribution is 2.32. The molecule has 1 saturated heterocycles. The fourth-order valence-corrected chi connectivity index (χ4v) is 5.91. The van der Waals surface area contributed by atoms with E-state index in [1.807, 2.05) is 0 Å². The van der Waals surface area contributed by atoms with Crippen molar-refractivity contribution in [2.24, 2.45) is 5.92 Å². The van der Waals surface area contributed by atoms with Gasteiger partial charge in [-0.05, 0) is 38.3 Å². The predicted octanol–water partition coefficient (Wildman–Crippen LogP) is 0.521. The van der Waals surface area contributed by atoms with Crippen LogP contribution in [0.4, 0.5) is 0 Å². The van der Waals surface area contributed by atoms with Crippen molar-refractivity contribution in [3.05, 3.63) is 29.3 Å². The van der Waals surface area contributed by atoms with Crippen molar-refractivity contribution in [2.75, 3.05) is 0 Å². The van der Waals surface area contributed by atoms with Gasteiger partial charge < -0.3 is 10.0 Å². The fraction of sp³-hybridized carbons (Fsp3) is 0.550. The van der Waals surface area contributed by atoms with Gasteiger partial charge in [-0.25, -0.2) is 13.1 Å². The number of fused-ring (bicyclic) bond motifs is 1. The number of amides is 3. The lowest BCUT2D eigenvalue weighted by atomic mass is 9.90. The zero-order valence-electron chi connectivity index (χ0n) is 17.4. The zero-order chi connectivity index (χ0) is 22.4. The fourth-order valence-electron chi connectivity index (χ4n) is 4.14. The summed E-state index contributed by atoms with van der Waals surface area (Å²) < 4.78 is 28.9. The molecule has 0 saturated carbocycles. The van der Waals surface area contributed by atoms with Crippen molar-refractivity contribution in [2.45, 2.75) is 69.7 Å². The average molecular weight is 438 g/mol. The molecule has 0 radical (unpaired) electrons. The van der Waals surface area contributed by atoms with Crippen LogP contribution in [-0.4, -0.2) is 53.8 Å². The summed E-state index contributed by atoms with van der Waals surface area (Å²) in [6, 6.07) is 2.84. The Bertz CT molecular complexity index is 996. The molecule has 3 rings (SSSR count). The molecule has 3 amide bonds. The second-order valence-corrected chi connectivity index (χ2v) is 10.4. The van der Waals surface area contributed by atoms with E-state index in [9.17, 15) is 27.9 Å². The Morgan fingerprint density at radius 1 is 1.23 bits per heavy atom. The number of carbonyl (C=O) groups excluding carboxylic acids is 3. The summed E-state index contributed by atoms with van der Waals surface area (Å²) in [6.45, 7) is 6.61. The number of piperidine rings is 1. The third-order valence-corrected chi connectivity index (χ3v) is 7.06. The topological polar surface area (TPSA) is 133 Å². The van der Waals surface area contributed by atoms with Gasteiger partial charge in [0.15, 0.2) is 0 Å². The van der Waals surface area contributed by atoms with Crippen molar-refractivity contribution in [3.8, 4) is 0 Å². The third-order valence-electron chi connectivity index (χ3n) is 5.54. The van der Waals surface area contributed by atoms with Crippen molar-refractivity contribution < 1.29 is 27.9 Å². The smallest absolute Gasteiger partial charge is 0.255 e. The van der Waals surface area contributed by atoms with Crippen LogP contribution in [0.5, 0.6) is 0 Å². The van der Waals surface area contributed by atoms with E-state index in [1.165, 1.54) is 36.9 Å². The highest BCUT2D eigenvalue weighted by molar-refractivity contribution is 7.89. The first-order valence-electron chi connectivity index (χ1n) is 9.84. The van der Waals surface area contributed by atoms with Crippen LogP contribution in [-0.2, 0) is 26.2 Å². The van der Waals surface area contributed by atoms with Crippen LogP contribution in [0.2, 0.25) is 0 Å². The Balaban J connectivity index is 1.94. The highest BCUT2D eigenvalue weighted by Gasteiger charge is 2.42. The van der Waals surface area contributed by atoms with Crippen molar-refractivity contribution in [1.82, 2.24) is 14.9 Å². The summed E-state index contributed by atoms with van der Waals surface area (Å²) in [7, 11) is -4.06. The minimum atomic E-state index is -4.06. The first kappa shape index (κ1) is 22.4. The molecule has 0 aromatic heterocycles. The maximum atomic E-state index is 13.2. The van der Waals surface area contributed by atoms with E-state index in [-0.39, 0.29) is 41.7 Å². The van der Waals surface area contributed by atoms with E-state index in [4.69, 9.17) is 0 Å². The molecule has 0 bridgehead atoms. The average Bonchev–Trinajstić information content (AvgIpc) is 2.95. The van der Waals surface area contributed by atoms with E-state index in [0.717, 1.165) is 0 Å². The summed E-state index contributed by atoms with van der Waals surface area (Å²) in [5.41, 5.74) is -0.779. The monoisotopic (exact) mass is 437 g/mol. The lowest BCUT2D eigenvalue weighted by molar-refractivity contribution is -0.136. The van der Waals surface area contributed by atoms with Gasteiger partial charge in [-0.1, -0.05) is 19.9 Å². The minimum absolute atomic E-state index is 0.0492. The molecule has 2 atom stereocenters. The van der Waals surface area contributed by atoms with Gasteiger partial charge in [-0.2, -0.15) is 0 Å². The van der Waals surface area contributed by atoms with Crippen LogP contribution in [0.25, 0.3) is 0 Å². The number of benzene rings is 1. The van der Waals surface area contributed by atoms with Crippen LogP contribution in [0.3, 0.4) is 0 Å². The standard InChI is InChI=1S/C20H27N3O6S/c1-11(2)17(20(3,4)27)22-30(28,29)15-7-5-6-12-13(15)10-23(19(12)26)14-8-9-16(24)21-18(14)25/h5-7,11,14,17,22,27H,8-10H2,1-4H3,(H,21,24,25)/t14?,17-/m0/s1.